The van der Waals surface area contributed by atoms with Crippen LogP contribution in [0.4, 0.5) is 5.69 Å². The molecule has 3 aliphatic heterocycles. The standard InChI is InChI=1S/C41H46ClN7O2/c1-27-22-29(35(42)23-30(27)25-48-17-5-4-6-18-48)10-11-37-34(24-43)33(12-16-44-37)32-8-7-9-36(28(32)2)46-41(50)40-45-38-26-49(19-13-39(38)47(40)3)31-14-20-51-21-15-31/h7-12,16,22-23,31H,4-6,13-15,17-21,25-26H2,1-3H3,(H,46,50)/b11-10+. The summed E-state index contributed by atoms with van der Waals surface area (Å²) in [6.45, 7) is 10.6. The first-order chi connectivity index (χ1) is 24.8. The lowest BCUT2D eigenvalue weighted by molar-refractivity contribution is 0.0283. The molecule has 1 amide bonds. The molecule has 0 spiro atoms. The van der Waals surface area contributed by atoms with Gasteiger partial charge in [-0.25, -0.2) is 4.98 Å². The Morgan fingerprint density at radius 1 is 1.08 bits per heavy atom. The van der Waals surface area contributed by atoms with Crippen molar-refractivity contribution < 1.29 is 9.53 Å². The summed E-state index contributed by atoms with van der Waals surface area (Å²) in [5, 5.41) is 14.2. The van der Waals surface area contributed by atoms with E-state index < -0.39 is 0 Å². The summed E-state index contributed by atoms with van der Waals surface area (Å²) >= 11 is 6.79. The third kappa shape index (κ3) is 7.51. The van der Waals surface area contributed by atoms with E-state index >= 15 is 0 Å². The van der Waals surface area contributed by atoms with Crippen LogP contribution < -0.4 is 5.32 Å². The van der Waals surface area contributed by atoms with Gasteiger partial charge >= 0.3 is 0 Å². The molecule has 0 atom stereocenters. The lowest BCUT2D eigenvalue weighted by Gasteiger charge is -2.36. The van der Waals surface area contributed by atoms with Gasteiger partial charge in [-0.05, 0) is 105 Å². The number of halogens is 1. The number of aryl methyl sites for hydroxylation is 1. The maximum atomic E-state index is 13.7. The van der Waals surface area contributed by atoms with E-state index in [1.807, 2.05) is 55.0 Å². The molecular formula is C41H46ClN7O2. The second-order valence-electron chi connectivity index (χ2n) is 14.1. The normalized spacial score (nSPS) is 17.4. The Labute approximate surface area is 305 Å². The van der Waals surface area contributed by atoms with Gasteiger partial charge in [0.2, 0.25) is 0 Å². The van der Waals surface area contributed by atoms with Gasteiger partial charge in [0, 0.05) is 80.5 Å². The monoisotopic (exact) mass is 703 g/mol. The number of carbonyl (C=O) groups excluding carboxylic acids is 1. The van der Waals surface area contributed by atoms with Gasteiger partial charge in [0.15, 0.2) is 5.82 Å². The van der Waals surface area contributed by atoms with E-state index in [2.05, 4.69) is 45.2 Å². The number of pyridine rings is 1. The Balaban J connectivity index is 1.09. The summed E-state index contributed by atoms with van der Waals surface area (Å²) in [5.74, 6) is 0.152. The molecule has 2 aromatic heterocycles. The zero-order valence-electron chi connectivity index (χ0n) is 29.8. The molecule has 1 N–H and O–H groups in total. The Morgan fingerprint density at radius 3 is 2.67 bits per heavy atom. The van der Waals surface area contributed by atoms with Crippen LogP contribution in [0.2, 0.25) is 5.02 Å². The average molecular weight is 704 g/mol. The number of benzene rings is 2. The summed E-state index contributed by atoms with van der Waals surface area (Å²) in [6.07, 6.45) is 12.3. The van der Waals surface area contributed by atoms with Crippen molar-refractivity contribution in [2.24, 2.45) is 7.05 Å². The number of rotatable bonds is 8. The van der Waals surface area contributed by atoms with Crippen molar-refractivity contribution in [3.63, 3.8) is 0 Å². The van der Waals surface area contributed by atoms with E-state index in [-0.39, 0.29) is 5.91 Å². The molecule has 2 aromatic carbocycles. The van der Waals surface area contributed by atoms with Crippen LogP contribution in [-0.4, -0.2) is 69.1 Å². The first kappa shape index (κ1) is 35.1. The highest BCUT2D eigenvalue weighted by molar-refractivity contribution is 6.32. The minimum Gasteiger partial charge on any atom is -0.381 e. The number of hydrogen-bond acceptors (Lipinski definition) is 7. The van der Waals surface area contributed by atoms with Crippen LogP contribution in [0.15, 0.2) is 42.6 Å². The molecule has 0 unspecified atom stereocenters. The van der Waals surface area contributed by atoms with Crippen molar-refractivity contribution in [3.8, 4) is 17.2 Å². The Kier molecular flexibility index (Phi) is 10.7. The molecule has 4 aromatic rings. The summed E-state index contributed by atoms with van der Waals surface area (Å²) in [4.78, 5) is 28.1. The number of anilines is 1. The number of aromatic nitrogens is 3. The van der Waals surface area contributed by atoms with Crippen LogP contribution in [0.25, 0.3) is 23.3 Å². The van der Waals surface area contributed by atoms with Gasteiger partial charge < -0.3 is 14.6 Å². The highest BCUT2D eigenvalue weighted by Gasteiger charge is 2.30. The summed E-state index contributed by atoms with van der Waals surface area (Å²) in [5.41, 5.74) is 9.58. The molecule has 3 aliphatic rings. The molecule has 0 saturated carbocycles. The molecular weight excluding hydrogens is 658 g/mol. The summed E-state index contributed by atoms with van der Waals surface area (Å²) in [6, 6.07) is 14.7. The highest BCUT2D eigenvalue weighted by Crippen LogP contribution is 2.33. The molecule has 2 fully saturated rings. The molecule has 7 rings (SSSR count). The number of imidazole rings is 1. The van der Waals surface area contributed by atoms with E-state index in [4.69, 9.17) is 21.3 Å². The van der Waals surface area contributed by atoms with Gasteiger partial charge in [-0.2, -0.15) is 5.26 Å². The van der Waals surface area contributed by atoms with Gasteiger partial charge in [0.25, 0.3) is 5.91 Å². The molecule has 0 radical (unpaired) electrons. The molecule has 2 saturated heterocycles. The van der Waals surface area contributed by atoms with Gasteiger partial charge in [-0.3, -0.25) is 19.6 Å². The SMILES string of the molecule is Cc1cc(/C=C/c2nccc(-c3cccc(NC(=O)c4nc5c(n4C)CCN(C4CCOCC4)C5)c3C)c2C#N)c(Cl)cc1CN1CCCCC1. The first-order valence-electron chi connectivity index (χ1n) is 18.2. The highest BCUT2D eigenvalue weighted by atomic mass is 35.5. The third-order valence-corrected chi connectivity index (χ3v) is 11.2. The molecule has 51 heavy (non-hydrogen) atoms. The number of carbonyl (C=O) groups is 1. The summed E-state index contributed by atoms with van der Waals surface area (Å²) < 4.78 is 7.51. The predicted octanol–water partition coefficient (Wildman–Crippen LogP) is 7.57. The van der Waals surface area contributed by atoms with Crippen molar-refractivity contribution in [1.29, 1.82) is 5.26 Å². The quantitative estimate of drug-likeness (QED) is 0.202. The number of nitrogens with one attached hydrogen (secondary N) is 1. The fourth-order valence-electron chi connectivity index (χ4n) is 7.87. The predicted molar refractivity (Wildman–Crippen MR) is 202 cm³/mol. The van der Waals surface area contributed by atoms with Crippen LogP contribution >= 0.6 is 11.6 Å². The van der Waals surface area contributed by atoms with Crippen LogP contribution in [0.5, 0.6) is 0 Å². The zero-order valence-corrected chi connectivity index (χ0v) is 30.6. The molecule has 9 nitrogen and oxygen atoms in total. The second-order valence-corrected chi connectivity index (χ2v) is 14.5. The van der Waals surface area contributed by atoms with E-state index in [0.29, 0.717) is 33.8 Å². The minimum atomic E-state index is -0.252. The van der Waals surface area contributed by atoms with E-state index in [1.54, 1.807) is 6.20 Å². The number of fused-ring (bicyclic) bond motifs is 1. The van der Waals surface area contributed by atoms with E-state index in [0.717, 1.165) is 98.8 Å². The molecule has 10 heteroatoms. The third-order valence-electron chi connectivity index (χ3n) is 10.9. The lowest BCUT2D eigenvalue weighted by atomic mass is 9.94. The van der Waals surface area contributed by atoms with Crippen LogP contribution in [0.3, 0.4) is 0 Å². The van der Waals surface area contributed by atoms with Crippen molar-refractivity contribution in [2.45, 2.75) is 71.5 Å². The molecule has 5 heterocycles. The van der Waals surface area contributed by atoms with Crippen LogP contribution in [0, 0.1) is 25.2 Å². The van der Waals surface area contributed by atoms with Crippen LogP contribution in [0.1, 0.15) is 87.6 Å². The fraction of sp³-hybridized carbons (Fsp3) is 0.415. The van der Waals surface area contributed by atoms with Crippen molar-refractivity contribution >= 4 is 35.3 Å². The second kappa shape index (κ2) is 15.5. The largest absolute Gasteiger partial charge is 0.381 e. The van der Waals surface area contributed by atoms with Gasteiger partial charge in [-0.1, -0.05) is 42.3 Å². The average Bonchev–Trinajstić information content (AvgIpc) is 3.49. The van der Waals surface area contributed by atoms with E-state index in [9.17, 15) is 10.1 Å². The van der Waals surface area contributed by atoms with E-state index in [1.165, 1.54) is 30.4 Å². The molecule has 0 aliphatic carbocycles. The number of amides is 1. The fourth-order valence-corrected chi connectivity index (χ4v) is 8.12. The van der Waals surface area contributed by atoms with Gasteiger partial charge in [0.05, 0.1) is 17.0 Å². The minimum absolute atomic E-state index is 0.252. The Bertz CT molecular complexity index is 2000. The Morgan fingerprint density at radius 2 is 1.88 bits per heavy atom. The molecule has 0 bridgehead atoms. The lowest BCUT2D eigenvalue weighted by Crippen LogP contribution is -2.42. The molecule has 264 valence electrons. The Hall–Kier alpha value is -4.33. The van der Waals surface area contributed by atoms with Crippen molar-refractivity contribution in [3.05, 3.63) is 98.3 Å². The number of nitriles is 1. The maximum absolute atomic E-state index is 13.7. The number of ether oxygens (including phenoxy) is 1. The van der Waals surface area contributed by atoms with Gasteiger partial charge in [0.1, 0.15) is 6.07 Å². The topological polar surface area (TPSA) is 99.3 Å². The number of hydrogen-bond donors (Lipinski definition) is 1. The summed E-state index contributed by atoms with van der Waals surface area (Å²) in [7, 11) is 1.93. The smallest absolute Gasteiger partial charge is 0.291 e. The van der Waals surface area contributed by atoms with Crippen LogP contribution in [-0.2, 0) is 31.3 Å². The number of piperidine rings is 1. The first-order valence-corrected chi connectivity index (χ1v) is 18.5. The van der Waals surface area contributed by atoms with Gasteiger partial charge in [-0.15, -0.1) is 0 Å². The zero-order chi connectivity index (χ0) is 35.5. The van der Waals surface area contributed by atoms with Crippen molar-refractivity contribution in [1.82, 2.24) is 24.3 Å². The number of nitrogens with zero attached hydrogens (tertiary/aromatic N) is 6. The maximum Gasteiger partial charge on any atom is 0.291 e. The number of likely N-dealkylation sites (tertiary alicyclic amines) is 1. The van der Waals surface area contributed by atoms with Crippen molar-refractivity contribution in [2.75, 3.05) is 38.2 Å².